The molecule has 1 unspecified atom stereocenters. The van der Waals surface area contributed by atoms with Gasteiger partial charge >= 0.3 is 11.9 Å². The molecule has 0 amide bonds. The van der Waals surface area contributed by atoms with Crippen molar-refractivity contribution < 1.29 is 19.8 Å². The SMILES string of the molecule is CCCCCCCCCCCCCCCCC(CCC(=O)O)CC(=O)O. The van der Waals surface area contributed by atoms with Gasteiger partial charge in [0.2, 0.25) is 0 Å². The summed E-state index contributed by atoms with van der Waals surface area (Å²) in [5, 5.41) is 17.7. The van der Waals surface area contributed by atoms with Gasteiger partial charge in [-0.05, 0) is 18.8 Å². The van der Waals surface area contributed by atoms with Gasteiger partial charge in [-0.1, -0.05) is 96.8 Å². The monoisotopic (exact) mass is 370 g/mol. The Morgan fingerprint density at radius 1 is 0.615 bits per heavy atom. The summed E-state index contributed by atoms with van der Waals surface area (Å²) in [5.74, 6) is -1.63. The fraction of sp³-hybridized carbons (Fsp3) is 0.909. The molecular formula is C22H42O4. The van der Waals surface area contributed by atoms with E-state index in [0.717, 1.165) is 19.3 Å². The quantitative estimate of drug-likeness (QED) is 0.231. The molecule has 1 atom stereocenters. The zero-order chi connectivity index (χ0) is 19.5. The third kappa shape index (κ3) is 19.3. The van der Waals surface area contributed by atoms with Crippen LogP contribution >= 0.6 is 0 Å². The molecule has 0 aliphatic carbocycles. The van der Waals surface area contributed by atoms with E-state index in [0.29, 0.717) is 6.42 Å². The molecule has 0 aromatic carbocycles. The number of hydrogen-bond donors (Lipinski definition) is 2. The van der Waals surface area contributed by atoms with E-state index < -0.39 is 11.9 Å². The van der Waals surface area contributed by atoms with Crippen molar-refractivity contribution in [3.63, 3.8) is 0 Å². The maximum Gasteiger partial charge on any atom is 0.303 e. The molecule has 0 aromatic rings. The third-order valence-electron chi connectivity index (χ3n) is 5.20. The first-order valence-electron chi connectivity index (χ1n) is 11.0. The van der Waals surface area contributed by atoms with Gasteiger partial charge in [0.15, 0.2) is 0 Å². The molecule has 0 rings (SSSR count). The van der Waals surface area contributed by atoms with Crippen LogP contribution in [0.2, 0.25) is 0 Å². The molecule has 0 aliphatic heterocycles. The highest BCUT2D eigenvalue weighted by atomic mass is 16.4. The number of carboxylic acids is 2. The highest BCUT2D eigenvalue weighted by Gasteiger charge is 2.14. The normalized spacial score (nSPS) is 12.2. The second-order valence-corrected chi connectivity index (χ2v) is 7.78. The van der Waals surface area contributed by atoms with Crippen LogP contribution in [0.15, 0.2) is 0 Å². The lowest BCUT2D eigenvalue weighted by Gasteiger charge is -2.13. The molecule has 0 bridgehead atoms. The topological polar surface area (TPSA) is 74.6 Å². The van der Waals surface area contributed by atoms with E-state index in [9.17, 15) is 9.59 Å². The van der Waals surface area contributed by atoms with Crippen molar-refractivity contribution in [1.29, 1.82) is 0 Å². The van der Waals surface area contributed by atoms with Crippen molar-refractivity contribution in [3.8, 4) is 0 Å². The van der Waals surface area contributed by atoms with E-state index >= 15 is 0 Å². The number of carboxylic acid groups (broad SMARTS) is 2. The Hall–Kier alpha value is -1.06. The number of hydrogen-bond acceptors (Lipinski definition) is 2. The van der Waals surface area contributed by atoms with Crippen LogP contribution in [0.4, 0.5) is 0 Å². The van der Waals surface area contributed by atoms with E-state index in [2.05, 4.69) is 6.92 Å². The molecule has 26 heavy (non-hydrogen) atoms. The molecule has 2 N–H and O–H groups in total. The average Bonchev–Trinajstić information content (AvgIpc) is 2.59. The molecule has 4 nitrogen and oxygen atoms in total. The van der Waals surface area contributed by atoms with E-state index in [1.165, 1.54) is 77.0 Å². The van der Waals surface area contributed by atoms with Crippen molar-refractivity contribution in [3.05, 3.63) is 0 Å². The van der Waals surface area contributed by atoms with Crippen LogP contribution in [0.1, 0.15) is 122 Å². The highest BCUT2D eigenvalue weighted by Crippen LogP contribution is 2.20. The van der Waals surface area contributed by atoms with Crippen LogP contribution in [0.25, 0.3) is 0 Å². The van der Waals surface area contributed by atoms with Crippen LogP contribution in [-0.2, 0) is 9.59 Å². The number of unbranched alkanes of at least 4 members (excludes halogenated alkanes) is 13. The largest absolute Gasteiger partial charge is 0.481 e. The minimum absolute atomic E-state index is 0.0147. The average molecular weight is 371 g/mol. The molecule has 0 aromatic heterocycles. The summed E-state index contributed by atoms with van der Waals surface area (Å²) in [6.45, 7) is 2.26. The lowest BCUT2D eigenvalue weighted by atomic mass is 9.92. The molecule has 0 fully saturated rings. The van der Waals surface area contributed by atoms with Crippen molar-refractivity contribution >= 4 is 11.9 Å². The van der Waals surface area contributed by atoms with Gasteiger partial charge in [-0.2, -0.15) is 0 Å². The lowest BCUT2D eigenvalue weighted by molar-refractivity contribution is -0.140. The zero-order valence-electron chi connectivity index (χ0n) is 17.0. The van der Waals surface area contributed by atoms with E-state index in [1.54, 1.807) is 0 Å². The molecule has 0 radical (unpaired) electrons. The molecule has 0 heterocycles. The molecule has 0 spiro atoms. The number of aliphatic carboxylic acids is 2. The van der Waals surface area contributed by atoms with Crippen LogP contribution in [-0.4, -0.2) is 22.2 Å². The highest BCUT2D eigenvalue weighted by molar-refractivity contribution is 5.68. The lowest BCUT2D eigenvalue weighted by Crippen LogP contribution is -2.10. The summed E-state index contributed by atoms with van der Waals surface area (Å²) in [4.78, 5) is 21.5. The first kappa shape index (κ1) is 24.9. The Morgan fingerprint density at radius 3 is 1.42 bits per heavy atom. The first-order valence-corrected chi connectivity index (χ1v) is 11.0. The number of carbonyl (C=O) groups is 2. The third-order valence-corrected chi connectivity index (χ3v) is 5.20. The van der Waals surface area contributed by atoms with Gasteiger partial charge in [-0.15, -0.1) is 0 Å². The predicted octanol–water partition coefficient (Wildman–Crippen LogP) is 6.81. The van der Waals surface area contributed by atoms with Gasteiger partial charge in [0.1, 0.15) is 0 Å². The Kier molecular flexibility index (Phi) is 18.0. The minimum atomic E-state index is -0.832. The summed E-state index contributed by atoms with van der Waals surface area (Å²) in [6.07, 6.45) is 19.9. The first-order chi connectivity index (χ1) is 12.6. The minimum Gasteiger partial charge on any atom is -0.481 e. The van der Waals surface area contributed by atoms with Gasteiger partial charge in [0, 0.05) is 12.8 Å². The molecule has 0 aliphatic rings. The Labute approximate surface area is 160 Å². The summed E-state index contributed by atoms with van der Waals surface area (Å²) in [6, 6.07) is 0. The Bertz CT molecular complexity index is 341. The second-order valence-electron chi connectivity index (χ2n) is 7.78. The zero-order valence-corrected chi connectivity index (χ0v) is 17.0. The molecule has 0 saturated heterocycles. The number of rotatable bonds is 20. The standard InChI is InChI=1S/C22H42O4/c1-2-3-4-5-6-7-8-9-10-11-12-13-14-15-16-20(19-22(25)26)17-18-21(23)24/h20H,2-19H2,1H3,(H,23,24)(H,25,26). The van der Waals surface area contributed by atoms with Gasteiger partial charge < -0.3 is 10.2 Å². The Balaban J connectivity index is 3.41. The summed E-state index contributed by atoms with van der Waals surface area (Å²) < 4.78 is 0. The smallest absolute Gasteiger partial charge is 0.303 e. The summed E-state index contributed by atoms with van der Waals surface area (Å²) in [5.41, 5.74) is 0. The van der Waals surface area contributed by atoms with Gasteiger partial charge in [-0.3, -0.25) is 9.59 Å². The summed E-state index contributed by atoms with van der Waals surface area (Å²) in [7, 11) is 0. The molecular weight excluding hydrogens is 328 g/mol. The van der Waals surface area contributed by atoms with Crippen molar-refractivity contribution in [2.24, 2.45) is 5.92 Å². The maximum absolute atomic E-state index is 10.9. The fourth-order valence-corrected chi connectivity index (χ4v) is 3.55. The molecule has 4 heteroatoms. The maximum atomic E-state index is 10.9. The van der Waals surface area contributed by atoms with Crippen molar-refractivity contribution in [2.45, 2.75) is 122 Å². The van der Waals surface area contributed by atoms with Crippen LogP contribution in [0.5, 0.6) is 0 Å². The van der Waals surface area contributed by atoms with Crippen LogP contribution in [0, 0.1) is 5.92 Å². The predicted molar refractivity (Wildman–Crippen MR) is 108 cm³/mol. The van der Waals surface area contributed by atoms with Gasteiger partial charge in [-0.25, -0.2) is 0 Å². The van der Waals surface area contributed by atoms with E-state index in [-0.39, 0.29) is 18.8 Å². The van der Waals surface area contributed by atoms with E-state index in [4.69, 9.17) is 10.2 Å². The van der Waals surface area contributed by atoms with E-state index in [1.807, 2.05) is 0 Å². The summed E-state index contributed by atoms with van der Waals surface area (Å²) >= 11 is 0. The van der Waals surface area contributed by atoms with Crippen molar-refractivity contribution in [2.75, 3.05) is 0 Å². The van der Waals surface area contributed by atoms with Crippen molar-refractivity contribution in [1.82, 2.24) is 0 Å². The second kappa shape index (κ2) is 18.7. The van der Waals surface area contributed by atoms with Gasteiger partial charge in [0.05, 0.1) is 0 Å². The molecule has 154 valence electrons. The fourth-order valence-electron chi connectivity index (χ4n) is 3.55. The Morgan fingerprint density at radius 2 is 1.04 bits per heavy atom. The van der Waals surface area contributed by atoms with Crippen LogP contribution < -0.4 is 0 Å². The molecule has 0 saturated carbocycles. The van der Waals surface area contributed by atoms with Gasteiger partial charge in [0.25, 0.3) is 0 Å². The van der Waals surface area contributed by atoms with Crippen LogP contribution in [0.3, 0.4) is 0 Å².